The normalized spacial score (nSPS) is 15.6. The van der Waals surface area contributed by atoms with Crippen LogP contribution in [0.1, 0.15) is 39.1 Å². The van der Waals surface area contributed by atoms with Crippen molar-refractivity contribution in [2.75, 3.05) is 50.7 Å². The van der Waals surface area contributed by atoms with Crippen molar-refractivity contribution in [2.45, 2.75) is 41.0 Å². The second-order valence-electron chi connectivity index (χ2n) is 7.96. The maximum Gasteiger partial charge on any atom is 0.236 e. The molecule has 3 rings (SSSR count). The van der Waals surface area contributed by atoms with E-state index in [1.807, 2.05) is 25.7 Å². The molecule has 0 saturated carbocycles. The van der Waals surface area contributed by atoms with Gasteiger partial charge in [0, 0.05) is 39.3 Å². The highest BCUT2D eigenvalue weighted by Crippen LogP contribution is 2.34. The topological polar surface area (TPSA) is 52.6 Å². The average Bonchev–Trinajstić information content (AvgIpc) is 3.04. The molecule has 6 nitrogen and oxygen atoms in total. The summed E-state index contributed by atoms with van der Waals surface area (Å²) in [5.41, 5.74) is 1.36. The zero-order chi connectivity index (χ0) is 20.3. The number of likely N-dealkylation sites (N-methyl/N-ethyl adjacent to an activating group) is 1. The lowest BCUT2D eigenvalue weighted by Gasteiger charge is -2.36. The van der Waals surface area contributed by atoms with Gasteiger partial charge in [0.25, 0.3) is 0 Å². The van der Waals surface area contributed by atoms with Crippen molar-refractivity contribution in [2.24, 2.45) is 5.92 Å². The lowest BCUT2D eigenvalue weighted by Crippen LogP contribution is -2.50. The van der Waals surface area contributed by atoms with E-state index in [0.29, 0.717) is 12.5 Å². The van der Waals surface area contributed by atoms with Gasteiger partial charge in [-0.25, -0.2) is 9.97 Å². The van der Waals surface area contributed by atoms with Crippen LogP contribution in [0.15, 0.2) is 5.38 Å². The number of thiophene rings is 1. The summed E-state index contributed by atoms with van der Waals surface area (Å²) in [5.74, 6) is 2.75. The van der Waals surface area contributed by atoms with Gasteiger partial charge >= 0.3 is 0 Å². The molecule has 7 heteroatoms. The number of hydrogen-bond donors (Lipinski definition) is 0. The second kappa shape index (κ2) is 9.18. The lowest BCUT2D eigenvalue weighted by atomic mass is 10.0. The number of carbonyl (C=O) groups excluding carboxylic acids is 1. The minimum Gasteiger partial charge on any atom is -0.353 e. The van der Waals surface area contributed by atoms with Gasteiger partial charge in [-0.15, -0.1) is 11.3 Å². The molecule has 1 aliphatic heterocycles. The SMILES string of the molecule is CCN(CC)C(=O)CN1CCN(c2nc(C)nc3scc(CC(C)C)c23)CC1. The summed E-state index contributed by atoms with van der Waals surface area (Å²) in [5, 5.41) is 3.48. The van der Waals surface area contributed by atoms with Gasteiger partial charge in [0.1, 0.15) is 16.5 Å². The van der Waals surface area contributed by atoms with Crippen LogP contribution in [0.5, 0.6) is 0 Å². The van der Waals surface area contributed by atoms with Crippen LogP contribution in [-0.2, 0) is 11.2 Å². The number of anilines is 1. The summed E-state index contributed by atoms with van der Waals surface area (Å²) >= 11 is 1.73. The summed E-state index contributed by atoms with van der Waals surface area (Å²) in [6.07, 6.45) is 1.05. The van der Waals surface area contributed by atoms with Crippen LogP contribution in [0.4, 0.5) is 5.82 Å². The van der Waals surface area contributed by atoms with Crippen molar-refractivity contribution in [3.05, 3.63) is 16.8 Å². The van der Waals surface area contributed by atoms with Crippen LogP contribution in [0.2, 0.25) is 0 Å². The second-order valence-corrected chi connectivity index (χ2v) is 8.82. The zero-order valence-electron chi connectivity index (χ0n) is 17.9. The summed E-state index contributed by atoms with van der Waals surface area (Å²) in [6, 6.07) is 0. The average molecular weight is 404 g/mol. The molecule has 154 valence electrons. The number of nitrogens with zero attached hydrogens (tertiary/aromatic N) is 5. The van der Waals surface area contributed by atoms with Crippen molar-refractivity contribution < 1.29 is 4.79 Å². The van der Waals surface area contributed by atoms with E-state index >= 15 is 0 Å². The molecule has 1 aliphatic rings. The molecule has 3 heterocycles. The Labute approximate surface area is 172 Å². The first kappa shape index (κ1) is 21.0. The van der Waals surface area contributed by atoms with Gasteiger partial charge in [-0.05, 0) is 44.1 Å². The third-order valence-corrected chi connectivity index (χ3v) is 6.30. The van der Waals surface area contributed by atoms with E-state index < -0.39 is 0 Å². The molecular formula is C21H33N5OS. The molecule has 0 aliphatic carbocycles. The summed E-state index contributed by atoms with van der Waals surface area (Å²) < 4.78 is 0. The number of carbonyl (C=O) groups is 1. The maximum absolute atomic E-state index is 12.4. The molecule has 1 amide bonds. The molecule has 1 fully saturated rings. The van der Waals surface area contributed by atoms with Gasteiger partial charge in [0.2, 0.25) is 5.91 Å². The number of aromatic nitrogens is 2. The predicted octanol–water partition coefficient (Wildman–Crippen LogP) is 3.19. The molecular weight excluding hydrogens is 370 g/mol. The highest BCUT2D eigenvalue weighted by molar-refractivity contribution is 7.17. The fourth-order valence-corrected chi connectivity index (χ4v) is 4.88. The highest BCUT2D eigenvalue weighted by atomic mass is 32.1. The van der Waals surface area contributed by atoms with Gasteiger partial charge in [-0.2, -0.15) is 0 Å². The third-order valence-electron chi connectivity index (χ3n) is 5.38. The fourth-order valence-electron chi connectivity index (χ4n) is 3.89. The van der Waals surface area contributed by atoms with E-state index in [1.165, 1.54) is 10.9 Å². The van der Waals surface area contributed by atoms with Crippen molar-refractivity contribution in [1.82, 2.24) is 19.8 Å². The first-order chi connectivity index (χ1) is 13.4. The van der Waals surface area contributed by atoms with Gasteiger partial charge in [0.15, 0.2) is 0 Å². The Morgan fingerprint density at radius 1 is 1.18 bits per heavy atom. The van der Waals surface area contributed by atoms with Crippen molar-refractivity contribution in [1.29, 1.82) is 0 Å². The van der Waals surface area contributed by atoms with Gasteiger partial charge in [-0.3, -0.25) is 9.69 Å². The van der Waals surface area contributed by atoms with E-state index in [4.69, 9.17) is 4.98 Å². The summed E-state index contributed by atoms with van der Waals surface area (Å²) in [6.45, 7) is 16.2. The quantitative estimate of drug-likeness (QED) is 0.711. The molecule has 0 atom stereocenters. The van der Waals surface area contributed by atoms with Crippen LogP contribution in [0, 0.1) is 12.8 Å². The molecule has 0 N–H and O–H groups in total. The number of hydrogen-bond acceptors (Lipinski definition) is 6. The van der Waals surface area contributed by atoms with E-state index in [1.54, 1.807) is 11.3 Å². The van der Waals surface area contributed by atoms with E-state index in [0.717, 1.165) is 62.2 Å². The molecule has 2 aromatic heterocycles. The Balaban J connectivity index is 1.74. The van der Waals surface area contributed by atoms with Crippen molar-refractivity contribution in [3.63, 3.8) is 0 Å². The molecule has 0 aromatic carbocycles. The van der Waals surface area contributed by atoms with Crippen LogP contribution in [-0.4, -0.2) is 71.5 Å². The minimum absolute atomic E-state index is 0.232. The molecule has 28 heavy (non-hydrogen) atoms. The van der Waals surface area contributed by atoms with Gasteiger partial charge in [-0.1, -0.05) is 13.8 Å². The van der Waals surface area contributed by atoms with Crippen LogP contribution in [0.3, 0.4) is 0 Å². The van der Waals surface area contributed by atoms with E-state index in [9.17, 15) is 4.79 Å². The third kappa shape index (κ3) is 4.63. The monoisotopic (exact) mass is 403 g/mol. The van der Waals surface area contributed by atoms with Gasteiger partial charge < -0.3 is 9.80 Å². The number of amides is 1. The summed E-state index contributed by atoms with van der Waals surface area (Å²) in [4.78, 5) is 29.6. The predicted molar refractivity (Wildman–Crippen MR) is 117 cm³/mol. The first-order valence-corrected chi connectivity index (χ1v) is 11.3. The van der Waals surface area contributed by atoms with E-state index in [2.05, 4.69) is 34.0 Å². The summed E-state index contributed by atoms with van der Waals surface area (Å²) in [7, 11) is 0. The molecule has 0 bridgehead atoms. The zero-order valence-corrected chi connectivity index (χ0v) is 18.7. The smallest absolute Gasteiger partial charge is 0.236 e. The number of aryl methyl sites for hydroxylation is 1. The van der Waals surface area contributed by atoms with Crippen LogP contribution >= 0.6 is 11.3 Å². The standard InChI is InChI=1S/C21H33N5OS/c1-6-25(7-2)18(27)13-24-8-10-26(11-9-24)20-19-17(12-15(3)4)14-28-21(19)23-16(5)22-20/h14-15H,6-13H2,1-5H3. The Bertz CT molecular complexity index is 806. The number of fused-ring (bicyclic) bond motifs is 1. The molecule has 0 spiro atoms. The van der Waals surface area contributed by atoms with Crippen LogP contribution in [0.25, 0.3) is 10.2 Å². The Hall–Kier alpha value is -1.73. The van der Waals surface area contributed by atoms with Gasteiger partial charge in [0.05, 0.1) is 11.9 Å². The van der Waals surface area contributed by atoms with Crippen molar-refractivity contribution in [3.8, 4) is 0 Å². The lowest BCUT2D eigenvalue weighted by molar-refractivity contribution is -0.132. The highest BCUT2D eigenvalue weighted by Gasteiger charge is 2.24. The minimum atomic E-state index is 0.232. The maximum atomic E-state index is 12.4. The molecule has 0 unspecified atom stereocenters. The molecule has 0 radical (unpaired) electrons. The Morgan fingerprint density at radius 2 is 1.86 bits per heavy atom. The largest absolute Gasteiger partial charge is 0.353 e. The first-order valence-electron chi connectivity index (χ1n) is 10.4. The molecule has 2 aromatic rings. The van der Waals surface area contributed by atoms with E-state index in [-0.39, 0.29) is 5.91 Å². The number of piperazine rings is 1. The fraction of sp³-hybridized carbons (Fsp3) is 0.667. The Kier molecular flexibility index (Phi) is 6.88. The van der Waals surface area contributed by atoms with Crippen LogP contribution < -0.4 is 4.90 Å². The Morgan fingerprint density at radius 3 is 2.46 bits per heavy atom. The van der Waals surface area contributed by atoms with Crippen molar-refractivity contribution >= 4 is 33.3 Å². The molecule has 1 saturated heterocycles. The number of rotatable bonds is 7.